The highest BCUT2D eigenvalue weighted by molar-refractivity contribution is 8.13. The quantitative estimate of drug-likeness (QED) is 0.218. The number of unbranched alkanes of at least 4 members (excludes halogenated alkanes) is 1. The summed E-state index contributed by atoms with van der Waals surface area (Å²) in [5, 5.41) is 25.6. The highest BCUT2D eigenvalue weighted by Crippen LogP contribution is 2.69. The summed E-state index contributed by atoms with van der Waals surface area (Å²) in [4.78, 5) is 27.6. The number of hydrogen-bond donors (Lipinski definition) is 1. The number of allylic oxidation sites excluding steroid dienone is 1. The van der Waals surface area contributed by atoms with E-state index in [2.05, 4.69) is 24.2 Å². The lowest BCUT2D eigenvalue weighted by atomic mass is 9.45. The van der Waals surface area contributed by atoms with E-state index in [9.17, 15) is 19.1 Å². The van der Waals surface area contributed by atoms with Gasteiger partial charge in [-0.1, -0.05) is 31.2 Å². The molecule has 8 nitrogen and oxygen atoms in total. The molecular weight excluding hydrogens is 605 g/mol. The number of aliphatic hydroxyl groups is 1. The van der Waals surface area contributed by atoms with E-state index in [-0.39, 0.29) is 39.9 Å². The number of furan rings is 1. The average Bonchev–Trinajstić information content (AvgIpc) is 3.77. The Morgan fingerprint density at radius 3 is 2.78 bits per heavy atom. The first-order valence-electron chi connectivity index (χ1n) is 16.1. The zero-order valence-electron chi connectivity index (χ0n) is 26.1. The van der Waals surface area contributed by atoms with Crippen LogP contribution in [0, 0.1) is 45.7 Å². The minimum atomic E-state index is -1.42. The number of rotatable bonds is 7. The molecule has 0 aliphatic heterocycles. The Morgan fingerprint density at radius 1 is 1.24 bits per heavy atom. The number of aromatic nitrogens is 2. The molecule has 0 radical (unpaired) electrons. The Labute approximate surface area is 272 Å². The summed E-state index contributed by atoms with van der Waals surface area (Å²) in [5.41, 5.74) is 1.67. The van der Waals surface area contributed by atoms with Gasteiger partial charge in [-0.2, -0.15) is 10.4 Å². The van der Waals surface area contributed by atoms with Gasteiger partial charge in [-0.15, -0.1) is 0 Å². The number of nitrogens with zero attached hydrogens (tertiary/aromatic N) is 3. The molecule has 0 spiro atoms. The molecular formula is C36H38FN3O5S. The van der Waals surface area contributed by atoms with Crippen molar-refractivity contribution in [3.8, 4) is 11.8 Å². The number of thioether (sulfide) groups is 1. The molecule has 4 aliphatic rings. The van der Waals surface area contributed by atoms with Gasteiger partial charge in [-0.3, -0.25) is 4.79 Å². The fraction of sp³-hybridized carbons (Fsp3) is 0.500. The van der Waals surface area contributed by atoms with Gasteiger partial charge in [0.25, 0.3) is 0 Å². The third-order valence-corrected chi connectivity index (χ3v) is 12.7. The molecule has 3 saturated carbocycles. The summed E-state index contributed by atoms with van der Waals surface area (Å²) in [6.45, 7) is 4.29. The van der Waals surface area contributed by atoms with Gasteiger partial charge in [0.1, 0.15) is 5.82 Å². The van der Waals surface area contributed by atoms with E-state index in [1.165, 1.54) is 30.0 Å². The Bertz CT molecular complexity index is 1730. The van der Waals surface area contributed by atoms with E-state index in [4.69, 9.17) is 14.4 Å². The van der Waals surface area contributed by atoms with Crippen LogP contribution in [0.15, 0.2) is 58.8 Å². The molecule has 0 bridgehead atoms. The molecule has 0 unspecified atom stereocenters. The highest BCUT2D eigenvalue weighted by Gasteiger charge is 2.70. The maximum absolute atomic E-state index is 14.2. The van der Waals surface area contributed by atoms with Gasteiger partial charge in [-0.25, -0.2) is 13.9 Å². The fourth-order valence-corrected chi connectivity index (χ4v) is 10.6. The van der Waals surface area contributed by atoms with Crippen molar-refractivity contribution in [2.24, 2.45) is 28.6 Å². The molecule has 46 heavy (non-hydrogen) atoms. The number of hydrogen-bond acceptors (Lipinski definition) is 8. The standard InChI is InChI=1S/C36H38FN3O5S/c1-34-19-22-21-39-40(25-10-8-24(37)9-11-25)28(22)18-23(34)7-12-26-27-13-14-36(33(43)46-17-4-3-15-38,35(27,2)20-29(41)31(26)34)45-32(42)30-6-5-16-44-30/h5-6,8-11,16,18,21,26-27,29,31,41H,3-4,7,12-14,17,19-20H2,1-2H3/t26-,27-,29-,31+,34-,35-,36-/m0/s1. The van der Waals surface area contributed by atoms with Crippen LogP contribution in [-0.2, 0) is 16.0 Å². The number of halogens is 1. The van der Waals surface area contributed by atoms with Gasteiger partial charge in [-0.05, 0) is 116 Å². The first kappa shape index (κ1) is 30.9. The van der Waals surface area contributed by atoms with Crippen molar-refractivity contribution in [1.82, 2.24) is 9.78 Å². The van der Waals surface area contributed by atoms with Gasteiger partial charge >= 0.3 is 5.97 Å². The van der Waals surface area contributed by atoms with E-state index in [0.717, 1.165) is 48.0 Å². The molecule has 3 aromatic rings. The molecule has 2 aromatic heterocycles. The predicted octanol–water partition coefficient (Wildman–Crippen LogP) is 6.92. The third-order valence-electron chi connectivity index (χ3n) is 11.6. The Hall–Kier alpha value is -3.68. The molecule has 7 atom stereocenters. The van der Waals surface area contributed by atoms with E-state index >= 15 is 0 Å². The van der Waals surface area contributed by atoms with Crippen LogP contribution >= 0.6 is 11.8 Å². The topological polar surface area (TPSA) is 118 Å². The summed E-state index contributed by atoms with van der Waals surface area (Å²) in [6.07, 6.45) is 9.56. The number of esters is 1. The number of fused-ring (bicyclic) bond motifs is 6. The maximum Gasteiger partial charge on any atom is 0.375 e. The lowest BCUT2D eigenvalue weighted by Crippen LogP contribution is -2.62. The predicted molar refractivity (Wildman–Crippen MR) is 170 cm³/mol. The second kappa shape index (κ2) is 11.5. The first-order chi connectivity index (χ1) is 22.1. The minimum absolute atomic E-state index is 0.0390. The van der Waals surface area contributed by atoms with Crippen LogP contribution < -0.4 is 0 Å². The fourth-order valence-electron chi connectivity index (χ4n) is 9.54. The first-order valence-corrected chi connectivity index (χ1v) is 17.1. The van der Waals surface area contributed by atoms with E-state index in [1.54, 1.807) is 18.2 Å². The van der Waals surface area contributed by atoms with Crippen LogP contribution in [0.1, 0.15) is 80.6 Å². The summed E-state index contributed by atoms with van der Waals surface area (Å²) in [6, 6.07) is 11.6. The molecule has 7 rings (SSSR count). The van der Waals surface area contributed by atoms with Crippen LogP contribution in [0.4, 0.5) is 4.39 Å². The summed E-state index contributed by atoms with van der Waals surface area (Å²) in [7, 11) is 0. The minimum Gasteiger partial charge on any atom is -0.457 e. The largest absolute Gasteiger partial charge is 0.457 e. The van der Waals surface area contributed by atoms with E-state index in [0.29, 0.717) is 37.9 Å². The lowest BCUT2D eigenvalue weighted by molar-refractivity contribution is -0.175. The molecule has 2 heterocycles. The van der Waals surface area contributed by atoms with Crippen LogP contribution in [0.2, 0.25) is 0 Å². The number of ether oxygens (including phenoxy) is 1. The van der Waals surface area contributed by atoms with Gasteiger partial charge in [0.05, 0.1) is 36.0 Å². The van der Waals surface area contributed by atoms with E-state index < -0.39 is 23.1 Å². The molecule has 1 N–H and O–H groups in total. The molecule has 240 valence electrons. The summed E-state index contributed by atoms with van der Waals surface area (Å²) < 4.78 is 27.1. The van der Waals surface area contributed by atoms with Gasteiger partial charge in [0.15, 0.2) is 5.60 Å². The monoisotopic (exact) mass is 643 g/mol. The van der Waals surface area contributed by atoms with Crippen molar-refractivity contribution >= 4 is 28.9 Å². The zero-order valence-corrected chi connectivity index (χ0v) is 26.9. The number of carbonyl (C=O) groups is 2. The zero-order chi connectivity index (χ0) is 32.3. The summed E-state index contributed by atoms with van der Waals surface area (Å²) >= 11 is 1.13. The average molecular weight is 644 g/mol. The number of nitriles is 1. The van der Waals surface area contributed by atoms with Crippen LogP contribution in [0.5, 0.6) is 0 Å². The third kappa shape index (κ3) is 4.69. The van der Waals surface area contributed by atoms with Crippen LogP contribution in [-0.4, -0.2) is 43.4 Å². The summed E-state index contributed by atoms with van der Waals surface area (Å²) in [5.74, 6) is -0.306. The molecule has 3 fully saturated rings. The molecule has 0 saturated heterocycles. The smallest absolute Gasteiger partial charge is 0.375 e. The van der Waals surface area contributed by atoms with Gasteiger partial charge in [0.2, 0.25) is 10.9 Å². The van der Waals surface area contributed by atoms with Gasteiger partial charge in [0, 0.05) is 17.6 Å². The van der Waals surface area contributed by atoms with Crippen molar-refractivity contribution in [3.63, 3.8) is 0 Å². The van der Waals surface area contributed by atoms with Crippen molar-refractivity contribution < 1.29 is 28.2 Å². The van der Waals surface area contributed by atoms with Crippen molar-refractivity contribution in [2.45, 2.75) is 76.9 Å². The Morgan fingerprint density at radius 2 is 2.04 bits per heavy atom. The maximum atomic E-state index is 14.2. The highest BCUT2D eigenvalue weighted by atomic mass is 32.2. The second-order valence-electron chi connectivity index (χ2n) is 13.9. The molecule has 0 amide bonds. The number of aliphatic hydroxyl groups excluding tert-OH is 1. The van der Waals surface area contributed by atoms with Crippen molar-refractivity contribution in [3.05, 3.63) is 77.3 Å². The number of carbonyl (C=O) groups excluding carboxylic acids is 2. The Kier molecular flexibility index (Phi) is 7.76. The van der Waals surface area contributed by atoms with Crippen molar-refractivity contribution in [2.75, 3.05) is 5.75 Å². The van der Waals surface area contributed by atoms with E-state index in [1.807, 2.05) is 17.8 Å². The SMILES string of the molecule is C[C@]12Cc3cnn(-c4ccc(F)cc4)c3C=C1CC[C@@H]1[C@@H]2[C@@H](O)C[C@@]2(C)[C@H]1CC[C@]2(OC(=O)c1ccco1)C(=O)SCCCC#N. The number of benzene rings is 1. The van der Waals surface area contributed by atoms with Crippen LogP contribution in [0.25, 0.3) is 11.8 Å². The molecule has 1 aromatic carbocycles. The van der Waals surface area contributed by atoms with Crippen molar-refractivity contribution in [1.29, 1.82) is 5.26 Å². The molecule has 4 aliphatic carbocycles. The molecule has 10 heteroatoms. The normalized spacial score (nSPS) is 32.7. The second-order valence-corrected chi connectivity index (χ2v) is 14.9. The Balaban J connectivity index is 1.21. The lowest BCUT2D eigenvalue weighted by Gasteiger charge is -2.60. The van der Waals surface area contributed by atoms with Gasteiger partial charge < -0.3 is 14.3 Å². The van der Waals surface area contributed by atoms with Crippen LogP contribution in [0.3, 0.4) is 0 Å².